The Morgan fingerprint density at radius 2 is 1.56 bits per heavy atom. The van der Waals surface area contributed by atoms with Crippen molar-refractivity contribution >= 4 is 27.7 Å². The molecule has 0 unspecified atom stereocenters. The summed E-state index contributed by atoms with van der Waals surface area (Å²) in [5.74, 6) is -0.208. The van der Waals surface area contributed by atoms with Gasteiger partial charge in [0.05, 0.1) is 18.1 Å². The second kappa shape index (κ2) is 10.4. The van der Waals surface area contributed by atoms with Crippen LogP contribution in [0, 0.1) is 0 Å². The molecule has 0 spiro atoms. The quantitative estimate of drug-likeness (QED) is 0.662. The van der Waals surface area contributed by atoms with Gasteiger partial charge in [0.2, 0.25) is 10.0 Å². The van der Waals surface area contributed by atoms with Crippen molar-refractivity contribution in [2.24, 2.45) is 0 Å². The van der Waals surface area contributed by atoms with Gasteiger partial charge in [0, 0.05) is 48.1 Å². The first-order valence-corrected chi connectivity index (χ1v) is 13.0. The van der Waals surface area contributed by atoms with Crippen LogP contribution in [-0.4, -0.2) is 69.4 Å². The van der Waals surface area contributed by atoms with Crippen molar-refractivity contribution < 1.29 is 22.7 Å². The summed E-state index contributed by atoms with van der Waals surface area (Å²) >= 11 is 1.78. The van der Waals surface area contributed by atoms with Crippen LogP contribution in [-0.2, 0) is 19.5 Å². The SMILES string of the molecule is O=C(NCC1(Sc2ccccc2)CCOCC1)c1ccc(S(=O)(=O)N2CCOCC2)cc1. The van der Waals surface area contributed by atoms with E-state index in [4.69, 9.17) is 9.47 Å². The number of ether oxygens (including phenoxy) is 2. The normalized spacial score (nSPS) is 19.4. The number of nitrogens with zero attached hydrogens (tertiary/aromatic N) is 1. The zero-order valence-electron chi connectivity index (χ0n) is 17.9. The van der Waals surface area contributed by atoms with E-state index in [0.29, 0.717) is 51.6 Å². The first kappa shape index (κ1) is 23.3. The zero-order valence-corrected chi connectivity index (χ0v) is 19.5. The Kier molecular flexibility index (Phi) is 7.52. The Bertz CT molecular complexity index is 1000. The molecule has 1 N–H and O–H groups in total. The lowest BCUT2D eigenvalue weighted by molar-refractivity contribution is 0.0730. The molecule has 2 aromatic rings. The molecule has 0 radical (unpaired) electrons. The highest BCUT2D eigenvalue weighted by Crippen LogP contribution is 2.40. The molecule has 32 heavy (non-hydrogen) atoms. The molecular formula is C23H28N2O5S2. The monoisotopic (exact) mass is 476 g/mol. The minimum Gasteiger partial charge on any atom is -0.381 e. The Labute approximate surface area is 193 Å². The third kappa shape index (κ3) is 5.52. The van der Waals surface area contributed by atoms with Gasteiger partial charge in [-0.25, -0.2) is 8.42 Å². The molecule has 1 amide bonds. The third-order valence-corrected chi connectivity index (χ3v) is 9.18. The maximum absolute atomic E-state index is 12.8. The molecule has 0 saturated carbocycles. The number of benzene rings is 2. The van der Waals surface area contributed by atoms with Crippen LogP contribution in [0.1, 0.15) is 23.2 Å². The van der Waals surface area contributed by atoms with Gasteiger partial charge in [0.1, 0.15) is 0 Å². The van der Waals surface area contributed by atoms with E-state index in [-0.39, 0.29) is 15.5 Å². The highest BCUT2D eigenvalue weighted by Gasteiger charge is 2.34. The van der Waals surface area contributed by atoms with Crippen molar-refractivity contribution in [1.82, 2.24) is 9.62 Å². The molecule has 2 heterocycles. The fraction of sp³-hybridized carbons (Fsp3) is 0.435. The Morgan fingerprint density at radius 1 is 0.938 bits per heavy atom. The Morgan fingerprint density at radius 3 is 2.22 bits per heavy atom. The van der Waals surface area contributed by atoms with Crippen molar-refractivity contribution in [1.29, 1.82) is 0 Å². The molecule has 2 aromatic carbocycles. The van der Waals surface area contributed by atoms with Crippen molar-refractivity contribution in [2.75, 3.05) is 46.1 Å². The average Bonchev–Trinajstić information content (AvgIpc) is 2.84. The highest BCUT2D eigenvalue weighted by atomic mass is 32.2. The van der Waals surface area contributed by atoms with Gasteiger partial charge >= 0.3 is 0 Å². The number of morpholine rings is 1. The lowest BCUT2D eigenvalue weighted by Gasteiger charge is -2.36. The van der Waals surface area contributed by atoms with Gasteiger partial charge in [0.15, 0.2) is 0 Å². The molecule has 2 aliphatic heterocycles. The number of hydrogen-bond acceptors (Lipinski definition) is 6. The molecule has 172 valence electrons. The van der Waals surface area contributed by atoms with E-state index in [1.165, 1.54) is 21.3 Å². The molecule has 0 atom stereocenters. The number of sulfonamides is 1. The van der Waals surface area contributed by atoms with Crippen LogP contribution in [0.3, 0.4) is 0 Å². The summed E-state index contributed by atoms with van der Waals surface area (Å²) in [4.78, 5) is 14.2. The highest BCUT2D eigenvalue weighted by molar-refractivity contribution is 8.00. The number of carbonyl (C=O) groups is 1. The van der Waals surface area contributed by atoms with Gasteiger partial charge in [-0.1, -0.05) is 18.2 Å². The third-order valence-electron chi connectivity index (χ3n) is 5.78. The lowest BCUT2D eigenvalue weighted by atomic mass is 9.99. The van der Waals surface area contributed by atoms with E-state index in [1.807, 2.05) is 18.2 Å². The topological polar surface area (TPSA) is 84.9 Å². The maximum Gasteiger partial charge on any atom is 0.251 e. The minimum absolute atomic E-state index is 0.130. The number of thioether (sulfide) groups is 1. The van der Waals surface area contributed by atoms with Crippen LogP contribution in [0.25, 0.3) is 0 Å². The van der Waals surface area contributed by atoms with Crippen LogP contribution in [0.2, 0.25) is 0 Å². The molecule has 4 rings (SSSR count). The number of hydrogen-bond donors (Lipinski definition) is 1. The van der Waals surface area contributed by atoms with Crippen molar-refractivity contribution in [3.8, 4) is 0 Å². The second-order valence-electron chi connectivity index (χ2n) is 7.93. The summed E-state index contributed by atoms with van der Waals surface area (Å²) in [6.45, 7) is 3.34. The van der Waals surface area contributed by atoms with Gasteiger partial charge in [-0.05, 0) is 49.2 Å². The fourth-order valence-electron chi connectivity index (χ4n) is 3.85. The fourth-order valence-corrected chi connectivity index (χ4v) is 6.57. The molecule has 0 bridgehead atoms. The van der Waals surface area contributed by atoms with E-state index in [1.54, 1.807) is 23.9 Å². The summed E-state index contributed by atoms with van der Waals surface area (Å²) in [5.41, 5.74) is 0.442. The number of amides is 1. The summed E-state index contributed by atoms with van der Waals surface area (Å²) in [7, 11) is -3.57. The molecule has 9 heteroatoms. The van der Waals surface area contributed by atoms with Crippen molar-refractivity contribution in [2.45, 2.75) is 27.4 Å². The summed E-state index contributed by atoms with van der Waals surface area (Å²) in [5, 5.41) is 3.06. The van der Waals surface area contributed by atoms with Crippen LogP contribution >= 0.6 is 11.8 Å². The average molecular weight is 477 g/mol. The van der Waals surface area contributed by atoms with E-state index in [9.17, 15) is 13.2 Å². The number of nitrogens with one attached hydrogen (secondary N) is 1. The van der Waals surface area contributed by atoms with Crippen molar-refractivity contribution in [3.05, 3.63) is 60.2 Å². The predicted molar refractivity (Wildman–Crippen MR) is 123 cm³/mol. The second-order valence-corrected chi connectivity index (χ2v) is 11.4. The molecule has 2 aliphatic rings. The van der Waals surface area contributed by atoms with Gasteiger partial charge in [-0.3, -0.25) is 4.79 Å². The van der Waals surface area contributed by atoms with Crippen molar-refractivity contribution in [3.63, 3.8) is 0 Å². The summed E-state index contributed by atoms with van der Waals surface area (Å²) < 4.78 is 37.6. The Hall–Kier alpha value is -1.91. The van der Waals surface area contributed by atoms with Crippen LogP contribution in [0.15, 0.2) is 64.4 Å². The van der Waals surface area contributed by atoms with Gasteiger partial charge in [0.25, 0.3) is 5.91 Å². The molecule has 2 saturated heterocycles. The zero-order chi connectivity index (χ0) is 22.4. The van der Waals surface area contributed by atoms with E-state index in [0.717, 1.165) is 12.8 Å². The molecule has 0 aliphatic carbocycles. The van der Waals surface area contributed by atoms with Crippen LogP contribution in [0.5, 0.6) is 0 Å². The van der Waals surface area contributed by atoms with Crippen LogP contribution in [0.4, 0.5) is 0 Å². The molecule has 2 fully saturated rings. The first-order valence-electron chi connectivity index (χ1n) is 10.8. The predicted octanol–water partition coefficient (Wildman–Crippen LogP) is 2.78. The van der Waals surface area contributed by atoms with Gasteiger partial charge < -0.3 is 14.8 Å². The van der Waals surface area contributed by atoms with E-state index < -0.39 is 10.0 Å². The van der Waals surface area contributed by atoms with Crippen LogP contribution < -0.4 is 5.32 Å². The minimum atomic E-state index is -3.57. The van der Waals surface area contributed by atoms with E-state index >= 15 is 0 Å². The van der Waals surface area contributed by atoms with Gasteiger partial charge in [-0.2, -0.15) is 4.31 Å². The number of rotatable bonds is 7. The largest absolute Gasteiger partial charge is 0.381 e. The lowest BCUT2D eigenvalue weighted by Crippen LogP contribution is -2.44. The maximum atomic E-state index is 12.8. The standard InChI is InChI=1S/C23H28N2O5S2/c26-22(19-6-8-21(9-7-19)32(27,28)25-12-16-30-17-13-25)24-18-23(10-14-29-15-11-23)31-20-4-2-1-3-5-20/h1-9H,10-18H2,(H,24,26). The molecular weight excluding hydrogens is 448 g/mol. The first-order chi connectivity index (χ1) is 15.5. The Balaban J connectivity index is 1.41. The van der Waals surface area contributed by atoms with Gasteiger partial charge in [-0.15, -0.1) is 11.8 Å². The smallest absolute Gasteiger partial charge is 0.251 e. The summed E-state index contributed by atoms with van der Waals surface area (Å²) in [6.07, 6.45) is 1.70. The summed E-state index contributed by atoms with van der Waals surface area (Å²) in [6, 6.07) is 16.3. The molecule has 7 nitrogen and oxygen atoms in total. The van der Waals surface area contributed by atoms with E-state index in [2.05, 4.69) is 17.4 Å². The number of carbonyl (C=O) groups excluding carboxylic acids is 1. The molecule has 0 aromatic heterocycles.